The zero-order valence-electron chi connectivity index (χ0n) is 9.21. The zero-order valence-corrected chi connectivity index (χ0v) is 9.21. The van der Waals surface area contributed by atoms with E-state index in [0.717, 1.165) is 18.8 Å². The van der Waals surface area contributed by atoms with Crippen molar-refractivity contribution in [1.29, 1.82) is 0 Å². The van der Waals surface area contributed by atoms with Crippen LogP contribution in [-0.2, 0) is 9.53 Å². The summed E-state index contributed by atoms with van der Waals surface area (Å²) in [6, 6.07) is 0. The molecule has 2 fully saturated rings. The van der Waals surface area contributed by atoms with Gasteiger partial charge in [0.05, 0.1) is 0 Å². The number of fused-ring (bicyclic) bond motifs is 2. The van der Waals surface area contributed by atoms with E-state index in [1.165, 1.54) is 19.3 Å². The second-order valence-electron chi connectivity index (χ2n) is 4.83. The predicted octanol–water partition coefficient (Wildman–Crippen LogP) is 2.91. The van der Waals surface area contributed by atoms with Gasteiger partial charge in [0.15, 0.2) is 0 Å². The maximum absolute atomic E-state index is 11.4. The summed E-state index contributed by atoms with van der Waals surface area (Å²) in [5, 5.41) is 0. The normalized spacial score (nSPS) is 40.1. The molecule has 2 aliphatic carbocycles. The lowest BCUT2D eigenvalue weighted by Crippen LogP contribution is -2.39. The topological polar surface area (TPSA) is 26.3 Å². The highest BCUT2D eigenvalue weighted by atomic mass is 16.6. The van der Waals surface area contributed by atoms with Gasteiger partial charge < -0.3 is 4.74 Å². The Morgan fingerprint density at radius 3 is 2.64 bits per heavy atom. The fourth-order valence-corrected chi connectivity index (χ4v) is 3.32. The Morgan fingerprint density at radius 1 is 1.43 bits per heavy atom. The van der Waals surface area contributed by atoms with Gasteiger partial charge in [-0.3, -0.25) is 4.79 Å². The molecule has 2 bridgehead atoms. The van der Waals surface area contributed by atoms with Crippen LogP contribution in [0, 0.1) is 11.8 Å². The first kappa shape index (κ1) is 10.0. The molecular formula is C12H20O2. The smallest absolute Gasteiger partial charge is 0.306 e. The zero-order chi connectivity index (χ0) is 10.2. The van der Waals surface area contributed by atoms with Crippen molar-refractivity contribution in [3.63, 3.8) is 0 Å². The van der Waals surface area contributed by atoms with Crippen LogP contribution in [0.25, 0.3) is 0 Å². The lowest BCUT2D eigenvalue weighted by molar-refractivity contribution is -0.166. The number of hydrogen-bond donors (Lipinski definition) is 0. The van der Waals surface area contributed by atoms with E-state index in [-0.39, 0.29) is 11.6 Å². The molecule has 0 amide bonds. The summed E-state index contributed by atoms with van der Waals surface area (Å²) in [5.41, 5.74) is -0.0734. The Labute approximate surface area is 86.0 Å². The van der Waals surface area contributed by atoms with Crippen LogP contribution < -0.4 is 0 Å². The van der Waals surface area contributed by atoms with Crippen LogP contribution in [0.3, 0.4) is 0 Å². The molecule has 0 aromatic heterocycles. The molecule has 2 nitrogen and oxygen atoms in total. The Bertz CT molecular complexity index is 236. The lowest BCUT2D eigenvalue weighted by atomic mass is 9.82. The predicted molar refractivity (Wildman–Crippen MR) is 54.9 cm³/mol. The van der Waals surface area contributed by atoms with Gasteiger partial charge in [0, 0.05) is 6.42 Å². The van der Waals surface area contributed by atoms with Crippen molar-refractivity contribution in [2.75, 3.05) is 0 Å². The van der Waals surface area contributed by atoms with Crippen molar-refractivity contribution in [2.24, 2.45) is 11.8 Å². The molecule has 0 heterocycles. The van der Waals surface area contributed by atoms with Crippen molar-refractivity contribution in [3.05, 3.63) is 0 Å². The Balaban J connectivity index is 2.07. The number of esters is 1. The van der Waals surface area contributed by atoms with Crippen molar-refractivity contribution in [1.82, 2.24) is 0 Å². The van der Waals surface area contributed by atoms with Gasteiger partial charge in [-0.2, -0.15) is 0 Å². The summed E-state index contributed by atoms with van der Waals surface area (Å²) < 4.78 is 5.69. The summed E-state index contributed by atoms with van der Waals surface area (Å²) in [6.45, 7) is 4.03. The third kappa shape index (κ3) is 1.45. The molecule has 0 N–H and O–H groups in total. The maximum atomic E-state index is 11.4. The van der Waals surface area contributed by atoms with Gasteiger partial charge in [0.1, 0.15) is 5.60 Å². The van der Waals surface area contributed by atoms with Crippen LogP contribution in [-0.4, -0.2) is 11.6 Å². The van der Waals surface area contributed by atoms with Crippen LogP contribution in [0.4, 0.5) is 0 Å². The van der Waals surface area contributed by atoms with Crippen LogP contribution in [0.15, 0.2) is 0 Å². The molecule has 2 saturated carbocycles. The molecule has 0 aliphatic heterocycles. The third-order valence-electron chi connectivity index (χ3n) is 4.12. The van der Waals surface area contributed by atoms with Crippen molar-refractivity contribution >= 4 is 5.97 Å². The molecule has 0 aromatic rings. The monoisotopic (exact) mass is 196 g/mol. The van der Waals surface area contributed by atoms with Crippen LogP contribution in [0.5, 0.6) is 0 Å². The maximum Gasteiger partial charge on any atom is 0.306 e. The Morgan fingerprint density at radius 2 is 2.21 bits per heavy atom. The molecule has 3 atom stereocenters. The van der Waals surface area contributed by atoms with E-state index >= 15 is 0 Å². The molecule has 0 aromatic carbocycles. The number of hydrogen-bond acceptors (Lipinski definition) is 2. The number of rotatable bonds is 3. The second kappa shape index (κ2) is 3.56. The number of carbonyl (C=O) groups is 1. The van der Waals surface area contributed by atoms with E-state index in [9.17, 15) is 4.79 Å². The minimum atomic E-state index is -0.0734. The lowest BCUT2D eigenvalue weighted by Gasteiger charge is -2.36. The molecule has 80 valence electrons. The SMILES string of the molecule is CCC(=O)OC1(CC)CC2CCC1C2. The minimum Gasteiger partial charge on any atom is -0.459 e. The van der Waals surface area contributed by atoms with Crippen molar-refractivity contribution < 1.29 is 9.53 Å². The average molecular weight is 196 g/mol. The summed E-state index contributed by atoms with van der Waals surface area (Å²) in [4.78, 5) is 11.4. The molecule has 0 spiro atoms. The first-order valence-corrected chi connectivity index (χ1v) is 5.92. The van der Waals surface area contributed by atoms with Gasteiger partial charge in [-0.25, -0.2) is 0 Å². The van der Waals surface area contributed by atoms with E-state index in [1.54, 1.807) is 0 Å². The highest BCUT2D eigenvalue weighted by molar-refractivity contribution is 5.69. The van der Waals surface area contributed by atoms with Crippen LogP contribution >= 0.6 is 0 Å². The first-order valence-electron chi connectivity index (χ1n) is 5.92. The van der Waals surface area contributed by atoms with E-state index in [4.69, 9.17) is 4.74 Å². The molecule has 0 saturated heterocycles. The van der Waals surface area contributed by atoms with Gasteiger partial charge in [-0.05, 0) is 43.9 Å². The molecule has 14 heavy (non-hydrogen) atoms. The van der Waals surface area contributed by atoms with Crippen molar-refractivity contribution in [2.45, 2.75) is 58.0 Å². The fourth-order valence-electron chi connectivity index (χ4n) is 3.32. The highest BCUT2D eigenvalue weighted by Crippen LogP contribution is 2.54. The average Bonchev–Trinajstić information content (AvgIpc) is 2.77. The van der Waals surface area contributed by atoms with Crippen molar-refractivity contribution in [3.8, 4) is 0 Å². The first-order chi connectivity index (χ1) is 6.70. The van der Waals surface area contributed by atoms with E-state index in [1.807, 2.05) is 6.92 Å². The van der Waals surface area contributed by atoms with Gasteiger partial charge in [0.25, 0.3) is 0 Å². The molecule has 3 unspecified atom stereocenters. The molecule has 0 radical (unpaired) electrons. The quantitative estimate of drug-likeness (QED) is 0.649. The number of ether oxygens (including phenoxy) is 1. The van der Waals surface area contributed by atoms with E-state index in [2.05, 4.69) is 6.92 Å². The largest absolute Gasteiger partial charge is 0.459 e. The van der Waals surface area contributed by atoms with Crippen LogP contribution in [0.2, 0.25) is 0 Å². The molecule has 2 aliphatic rings. The molecular weight excluding hydrogens is 176 g/mol. The van der Waals surface area contributed by atoms with Gasteiger partial charge in [-0.1, -0.05) is 13.8 Å². The number of carbonyl (C=O) groups excluding carboxylic acids is 1. The second-order valence-corrected chi connectivity index (χ2v) is 4.83. The third-order valence-corrected chi connectivity index (χ3v) is 4.12. The van der Waals surface area contributed by atoms with Gasteiger partial charge in [0.2, 0.25) is 0 Å². The van der Waals surface area contributed by atoms with E-state index in [0.29, 0.717) is 12.3 Å². The summed E-state index contributed by atoms with van der Waals surface area (Å²) in [5.74, 6) is 1.48. The molecule has 2 heteroatoms. The Hall–Kier alpha value is -0.530. The highest BCUT2D eigenvalue weighted by Gasteiger charge is 2.52. The standard InChI is InChI=1S/C12H20O2/c1-3-11(13)14-12(4-2)8-9-5-6-10(12)7-9/h9-10H,3-8H2,1-2H3. The fraction of sp³-hybridized carbons (Fsp3) is 0.917. The van der Waals surface area contributed by atoms with Gasteiger partial charge >= 0.3 is 5.97 Å². The molecule has 2 rings (SSSR count). The van der Waals surface area contributed by atoms with Crippen LogP contribution in [0.1, 0.15) is 52.4 Å². The minimum absolute atomic E-state index is 0.0144. The van der Waals surface area contributed by atoms with E-state index < -0.39 is 0 Å². The summed E-state index contributed by atoms with van der Waals surface area (Å²) in [6.07, 6.45) is 6.56. The Kier molecular flexibility index (Phi) is 2.54. The summed E-state index contributed by atoms with van der Waals surface area (Å²) >= 11 is 0. The van der Waals surface area contributed by atoms with Gasteiger partial charge in [-0.15, -0.1) is 0 Å². The summed E-state index contributed by atoms with van der Waals surface area (Å²) in [7, 11) is 0.